The van der Waals surface area contributed by atoms with Crippen LogP contribution in [0, 0.1) is 10.1 Å². The molecule has 0 spiro atoms. The number of azo groups is 1. The van der Waals surface area contributed by atoms with Gasteiger partial charge >= 0.3 is 0 Å². The van der Waals surface area contributed by atoms with Crippen LogP contribution in [0.4, 0.5) is 17.1 Å². The highest BCUT2D eigenvalue weighted by Crippen LogP contribution is 2.30. The quantitative estimate of drug-likeness (QED) is 0.186. The topological polar surface area (TPSA) is 160 Å². The van der Waals surface area contributed by atoms with E-state index in [1.807, 2.05) is 0 Å². The molecule has 1 aromatic heterocycles. The van der Waals surface area contributed by atoms with Crippen LogP contribution in [-0.4, -0.2) is 27.7 Å². The number of para-hydroxylation sites is 1. The Bertz CT molecular complexity index is 1520. The van der Waals surface area contributed by atoms with Crippen LogP contribution >= 0.6 is 0 Å². The highest BCUT2D eigenvalue weighted by atomic mass is 32.2. The van der Waals surface area contributed by atoms with Crippen LogP contribution in [0.25, 0.3) is 16.9 Å². The molecule has 0 amide bonds. The number of benzene rings is 3. The van der Waals surface area contributed by atoms with E-state index < -0.39 is 20.6 Å². The predicted octanol–water partition coefficient (Wildman–Crippen LogP) is 4.40. The molecule has 2 N–H and O–H groups in total. The first-order valence-corrected chi connectivity index (χ1v) is 10.8. The summed E-state index contributed by atoms with van der Waals surface area (Å²) in [5.41, 5.74) is 0.508. The Morgan fingerprint density at radius 2 is 1.64 bits per heavy atom. The third-order valence-electron chi connectivity index (χ3n) is 4.63. The number of rotatable bonds is 6. The summed E-state index contributed by atoms with van der Waals surface area (Å²) in [5, 5.41) is 22.2. The van der Waals surface area contributed by atoms with Gasteiger partial charge in [-0.2, -0.15) is 13.5 Å². The first-order chi connectivity index (χ1) is 15.7. The highest BCUT2D eigenvalue weighted by Gasteiger charge is 2.19. The lowest BCUT2D eigenvalue weighted by Gasteiger charge is -2.01. The van der Waals surface area contributed by atoms with Crippen molar-refractivity contribution >= 4 is 27.2 Å². The molecule has 12 heteroatoms. The number of non-ortho nitro benzene ring substituents is 1. The summed E-state index contributed by atoms with van der Waals surface area (Å²) in [5.74, 6) is 0. The van der Waals surface area contributed by atoms with Gasteiger partial charge in [0.05, 0.1) is 26.9 Å². The molecule has 0 fully saturated rings. The van der Waals surface area contributed by atoms with E-state index in [-0.39, 0.29) is 27.7 Å². The van der Waals surface area contributed by atoms with Gasteiger partial charge in [-0.05, 0) is 36.4 Å². The monoisotopic (exact) mass is 465 g/mol. The number of aromatic nitrogens is 2. The molecule has 0 saturated carbocycles. The Hall–Kier alpha value is -4.42. The number of nitrogens with one attached hydrogen (secondary N) is 1. The van der Waals surface area contributed by atoms with Crippen LogP contribution < -0.4 is 5.56 Å². The molecular formula is C21H15N5O6S. The van der Waals surface area contributed by atoms with Crippen molar-refractivity contribution in [3.8, 4) is 16.9 Å². The van der Waals surface area contributed by atoms with Crippen LogP contribution in [0.15, 0.2) is 98.8 Å². The largest absolute Gasteiger partial charge is 0.299 e. The van der Waals surface area contributed by atoms with Crippen LogP contribution in [0.3, 0.4) is 0 Å². The van der Waals surface area contributed by atoms with Crippen molar-refractivity contribution in [2.24, 2.45) is 10.2 Å². The smallest absolute Gasteiger partial charge is 0.288 e. The lowest BCUT2D eigenvalue weighted by atomic mass is 10.1. The van der Waals surface area contributed by atoms with E-state index in [4.69, 9.17) is 4.55 Å². The van der Waals surface area contributed by atoms with E-state index in [0.29, 0.717) is 11.3 Å². The summed E-state index contributed by atoms with van der Waals surface area (Å²) in [6, 6.07) is 19.3. The zero-order valence-electron chi connectivity index (χ0n) is 16.7. The van der Waals surface area contributed by atoms with Crippen molar-refractivity contribution in [3.05, 3.63) is 99.3 Å². The van der Waals surface area contributed by atoms with Gasteiger partial charge in [-0.3, -0.25) is 24.6 Å². The molecular weight excluding hydrogens is 450 g/mol. The SMILES string of the molecule is O=c1c(N=Nc2ccc(S(=O)(=O)O)cc2)c(-c2cccc([N+](=O)[O-])c2)[nH]n1-c1ccccc1. The Balaban J connectivity index is 1.83. The summed E-state index contributed by atoms with van der Waals surface area (Å²) in [4.78, 5) is 23.5. The number of nitrogens with zero attached hydrogens (tertiary/aromatic N) is 4. The van der Waals surface area contributed by atoms with Crippen molar-refractivity contribution in [2.45, 2.75) is 4.90 Å². The van der Waals surface area contributed by atoms with Crippen LogP contribution in [0.2, 0.25) is 0 Å². The van der Waals surface area contributed by atoms with Gasteiger partial charge in [0, 0.05) is 17.7 Å². The molecule has 0 aliphatic rings. The minimum Gasteiger partial charge on any atom is -0.288 e. The van der Waals surface area contributed by atoms with Gasteiger partial charge in [0.2, 0.25) is 0 Å². The van der Waals surface area contributed by atoms with E-state index in [1.54, 1.807) is 36.4 Å². The molecule has 0 unspecified atom stereocenters. The maximum Gasteiger partial charge on any atom is 0.299 e. The number of H-pyrrole nitrogens is 1. The summed E-state index contributed by atoms with van der Waals surface area (Å²) in [7, 11) is -4.36. The molecule has 1 heterocycles. The maximum absolute atomic E-state index is 13.1. The van der Waals surface area contributed by atoms with E-state index >= 15 is 0 Å². The number of nitro benzene ring substituents is 1. The molecule has 0 radical (unpaired) electrons. The standard InChI is InChI=1S/C21H15N5O6S/c27-21-20(23-22-15-9-11-18(12-10-15)33(30,31)32)19(14-5-4-8-17(13-14)26(28)29)24-25(21)16-6-2-1-3-7-16/h1-13,24H,(H,30,31,32). The Morgan fingerprint density at radius 3 is 2.27 bits per heavy atom. The molecule has 0 atom stereocenters. The molecule has 0 aliphatic heterocycles. The zero-order valence-corrected chi connectivity index (χ0v) is 17.5. The molecule has 11 nitrogen and oxygen atoms in total. The second-order valence-corrected chi connectivity index (χ2v) is 8.21. The van der Waals surface area contributed by atoms with Gasteiger partial charge in [0.25, 0.3) is 21.4 Å². The Kier molecular flexibility index (Phi) is 5.69. The fourth-order valence-corrected chi connectivity index (χ4v) is 3.53. The molecule has 4 rings (SSSR count). The first-order valence-electron chi connectivity index (χ1n) is 9.38. The van der Waals surface area contributed by atoms with Crippen molar-refractivity contribution in [3.63, 3.8) is 0 Å². The van der Waals surface area contributed by atoms with Crippen LogP contribution in [-0.2, 0) is 10.1 Å². The zero-order chi connectivity index (χ0) is 23.6. The van der Waals surface area contributed by atoms with E-state index in [0.717, 1.165) is 12.1 Å². The summed E-state index contributed by atoms with van der Waals surface area (Å²) in [6.45, 7) is 0. The van der Waals surface area contributed by atoms with Crippen molar-refractivity contribution in [2.75, 3.05) is 0 Å². The summed E-state index contributed by atoms with van der Waals surface area (Å²) < 4.78 is 32.7. The van der Waals surface area contributed by atoms with Gasteiger partial charge in [0.1, 0.15) is 0 Å². The van der Waals surface area contributed by atoms with Gasteiger partial charge in [-0.25, -0.2) is 4.68 Å². The average Bonchev–Trinajstić information content (AvgIpc) is 3.14. The van der Waals surface area contributed by atoms with Crippen LogP contribution in [0.5, 0.6) is 0 Å². The minimum absolute atomic E-state index is 0.0989. The van der Waals surface area contributed by atoms with E-state index in [9.17, 15) is 23.3 Å². The fourth-order valence-electron chi connectivity index (χ4n) is 3.05. The second-order valence-electron chi connectivity index (χ2n) is 6.79. The summed E-state index contributed by atoms with van der Waals surface area (Å²) >= 11 is 0. The lowest BCUT2D eigenvalue weighted by molar-refractivity contribution is -0.384. The van der Waals surface area contributed by atoms with Crippen LogP contribution in [0.1, 0.15) is 0 Å². The average molecular weight is 465 g/mol. The molecule has 0 aliphatic carbocycles. The molecule has 166 valence electrons. The molecule has 0 bridgehead atoms. The van der Waals surface area contributed by atoms with E-state index in [2.05, 4.69) is 15.3 Å². The van der Waals surface area contributed by atoms with Crippen molar-refractivity contribution < 1.29 is 17.9 Å². The van der Waals surface area contributed by atoms with Gasteiger partial charge in [-0.15, -0.1) is 5.11 Å². The van der Waals surface area contributed by atoms with Gasteiger partial charge in [-0.1, -0.05) is 30.3 Å². The number of nitro groups is 1. The highest BCUT2D eigenvalue weighted by molar-refractivity contribution is 7.85. The normalized spacial score (nSPS) is 11.7. The number of hydrogen-bond acceptors (Lipinski definition) is 7. The first kappa shape index (κ1) is 21.8. The third kappa shape index (κ3) is 4.61. The second kappa shape index (κ2) is 8.61. The van der Waals surface area contributed by atoms with Gasteiger partial charge in [0.15, 0.2) is 5.69 Å². The lowest BCUT2D eigenvalue weighted by Crippen LogP contribution is -2.13. The van der Waals surface area contributed by atoms with Crippen molar-refractivity contribution in [1.82, 2.24) is 9.78 Å². The van der Waals surface area contributed by atoms with E-state index in [1.165, 1.54) is 35.0 Å². The predicted molar refractivity (Wildman–Crippen MR) is 119 cm³/mol. The third-order valence-corrected chi connectivity index (χ3v) is 5.49. The minimum atomic E-state index is -4.36. The van der Waals surface area contributed by atoms with Crippen molar-refractivity contribution in [1.29, 1.82) is 0 Å². The maximum atomic E-state index is 13.1. The number of aromatic amines is 1. The molecule has 3 aromatic carbocycles. The Labute approximate surface area is 186 Å². The van der Waals surface area contributed by atoms with Gasteiger partial charge < -0.3 is 0 Å². The molecule has 4 aromatic rings. The Morgan fingerprint density at radius 1 is 0.939 bits per heavy atom. The number of hydrogen-bond donors (Lipinski definition) is 2. The fraction of sp³-hybridized carbons (Fsp3) is 0. The molecule has 0 saturated heterocycles. The molecule has 33 heavy (non-hydrogen) atoms. The summed E-state index contributed by atoms with van der Waals surface area (Å²) in [6.07, 6.45) is 0.